The molecule has 0 saturated carbocycles. The lowest BCUT2D eigenvalue weighted by molar-refractivity contribution is 0.298. The van der Waals surface area contributed by atoms with Gasteiger partial charge in [0.05, 0.1) is 0 Å². The average molecular weight is 281 g/mol. The van der Waals surface area contributed by atoms with Crippen molar-refractivity contribution < 1.29 is 4.43 Å². The molecule has 14 heavy (non-hydrogen) atoms. The molecule has 0 aliphatic rings. The average Bonchev–Trinajstić information content (AvgIpc) is 2.08. The van der Waals surface area contributed by atoms with E-state index in [1.54, 1.807) is 0 Å². The lowest BCUT2D eigenvalue weighted by Crippen LogP contribution is -2.25. The van der Waals surface area contributed by atoms with Crippen LogP contribution >= 0.6 is 15.9 Å². The molecule has 0 bridgehead atoms. The molecule has 0 aromatic heterocycles. The largest absolute Gasteiger partial charge is 0.418 e. The van der Waals surface area contributed by atoms with E-state index in [4.69, 9.17) is 4.43 Å². The Morgan fingerprint density at radius 2 is 1.36 bits per heavy atom. The highest BCUT2D eigenvalue weighted by atomic mass is 79.9. The van der Waals surface area contributed by atoms with Crippen molar-refractivity contribution in [3.8, 4) is 0 Å². The van der Waals surface area contributed by atoms with E-state index in [1.807, 2.05) is 0 Å². The molecule has 0 amide bonds. The molecular weight excluding hydrogens is 256 g/mol. The topological polar surface area (TPSA) is 9.23 Å². The van der Waals surface area contributed by atoms with Gasteiger partial charge < -0.3 is 4.43 Å². The van der Waals surface area contributed by atoms with Gasteiger partial charge in [-0.15, -0.1) is 0 Å². The van der Waals surface area contributed by atoms with Crippen LogP contribution in [0.25, 0.3) is 0 Å². The van der Waals surface area contributed by atoms with Crippen LogP contribution in [-0.4, -0.2) is 20.3 Å². The Hall–Kier alpha value is 0.657. The minimum atomic E-state index is -1.24. The van der Waals surface area contributed by atoms with E-state index in [1.165, 1.54) is 38.5 Å². The van der Waals surface area contributed by atoms with Crippen molar-refractivity contribution in [2.75, 3.05) is 11.9 Å². The van der Waals surface area contributed by atoms with E-state index in [9.17, 15) is 0 Å². The predicted octanol–water partition coefficient (Wildman–Crippen LogP) is 4.57. The molecule has 0 radical (unpaired) electrons. The molecule has 0 spiro atoms. The highest BCUT2D eigenvalue weighted by Crippen LogP contribution is 2.08. The summed E-state index contributed by atoms with van der Waals surface area (Å²) in [5, 5.41) is 1.16. The smallest absolute Gasteiger partial charge is 0.183 e. The van der Waals surface area contributed by atoms with Crippen molar-refractivity contribution in [3.63, 3.8) is 0 Å². The Balaban J connectivity index is 2.99. The van der Waals surface area contributed by atoms with Crippen LogP contribution in [0.1, 0.15) is 38.5 Å². The molecule has 0 aromatic rings. The maximum Gasteiger partial charge on any atom is 0.183 e. The van der Waals surface area contributed by atoms with E-state index in [0.29, 0.717) is 0 Å². The molecule has 0 unspecified atom stereocenters. The van der Waals surface area contributed by atoms with E-state index in [0.717, 1.165) is 11.9 Å². The Morgan fingerprint density at radius 3 is 1.86 bits per heavy atom. The third kappa shape index (κ3) is 12.7. The zero-order valence-electron chi connectivity index (χ0n) is 9.94. The first-order chi connectivity index (χ1) is 6.56. The second-order valence-electron chi connectivity index (χ2n) is 4.77. The van der Waals surface area contributed by atoms with E-state index in [2.05, 4.69) is 35.6 Å². The standard InChI is InChI=1S/C11H25BrOSi/c1-14(2,3)13-11-9-7-5-4-6-8-10-12/h4-11H2,1-3H3. The first-order valence-corrected chi connectivity index (χ1v) is 10.3. The lowest BCUT2D eigenvalue weighted by atomic mass is 10.1. The van der Waals surface area contributed by atoms with E-state index < -0.39 is 8.32 Å². The van der Waals surface area contributed by atoms with Gasteiger partial charge in [-0.05, 0) is 32.5 Å². The Labute approximate surface area is 98.9 Å². The van der Waals surface area contributed by atoms with E-state index >= 15 is 0 Å². The molecule has 0 aromatic carbocycles. The maximum absolute atomic E-state index is 5.79. The zero-order chi connectivity index (χ0) is 10.9. The molecule has 0 saturated heterocycles. The van der Waals surface area contributed by atoms with Crippen LogP contribution in [-0.2, 0) is 4.43 Å². The van der Waals surface area contributed by atoms with Crippen molar-refractivity contribution in [3.05, 3.63) is 0 Å². The summed E-state index contributed by atoms with van der Waals surface area (Å²) < 4.78 is 5.79. The summed E-state index contributed by atoms with van der Waals surface area (Å²) in [5.41, 5.74) is 0. The molecule has 86 valence electrons. The third-order valence-corrected chi connectivity index (χ3v) is 3.69. The van der Waals surface area contributed by atoms with Crippen LogP contribution in [0.5, 0.6) is 0 Å². The second kappa shape index (κ2) is 8.92. The van der Waals surface area contributed by atoms with Gasteiger partial charge in [0, 0.05) is 11.9 Å². The monoisotopic (exact) mass is 280 g/mol. The summed E-state index contributed by atoms with van der Waals surface area (Å²) in [4.78, 5) is 0. The number of unbranched alkanes of at least 4 members (excludes halogenated alkanes) is 5. The minimum absolute atomic E-state index is 0.980. The van der Waals surface area contributed by atoms with Crippen LogP contribution in [0, 0.1) is 0 Å². The number of hydrogen-bond acceptors (Lipinski definition) is 1. The molecule has 0 N–H and O–H groups in total. The Kier molecular flexibility index (Phi) is 9.34. The van der Waals surface area contributed by atoms with Gasteiger partial charge in [-0.2, -0.15) is 0 Å². The maximum atomic E-state index is 5.79. The summed E-state index contributed by atoms with van der Waals surface area (Å²) in [6.45, 7) is 7.74. The third-order valence-electron chi connectivity index (χ3n) is 2.06. The summed E-state index contributed by atoms with van der Waals surface area (Å²) in [6.07, 6.45) is 8.05. The first-order valence-electron chi connectivity index (χ1n) is 5.76. The number of halogens is 1. The van der Waals surface area contributed by atoms with Crippen molar-refractivity contribution in [2.45, 2.75) is 58.2 Å². The predicted molar refractivity (Wildman–Crippen MR) is 70.8 cm³/mol. The van der Waals surface area contributed by atoms with Gasteiger partial charge in [-0.3, -0.25) is 0 Å². The fourth-order valence-electron chi connectivity index (χ4n) is 1.28. The van der Waals surface area contributed by atoms with Gasteiger partial charge in [-0.25, -0.2) is 0 Å². The van der Waals surface area contributed by atoms with Gasteiger partial charge >= 0.3 is 0 Å². The fraction of sp³-hybridized carbons (Fsp3) is 1.00. The van der Waals surface area contributed by atoms with Crippen molar-refractivity contribution in [2.24, 2.45) is 0 Å². The molecule has 0 heterocycles. The molecular formula is C11H25BrOSi. The molecule has 3 heteroatoms. The fourth-order valence-corrected chi connectivity index (χ4v) is 2.44. The molecule has 0 atom stereocenters. The minimum Gasteiger partial charge on any atom is -0.418 e. The number of rotatable bonds is 9. The number of alkyl halides is 1. The van der Waals surface area contributed by atoms with Crippen LogP contribution in [0.4, 0.5) is 0 Å². The van der Waals surface area contributed by atoms with Crippen LogP contribution in [0.3, 0.4) is 0 Å². The molecule has 0 rings (SSSR count). The van der Waals surface area contributed by atoms with Gasteiger partial charge in [-0.1, -0.05) is 41.6 Å². The van der Waals surface area contributed by atoms with Crippen LogP contribution in [0.2, 0.25) is 19.6 Å². The molecule has 0 aliphatic carbocycles. The molecule has 0 fully saturated rings. The lowest BCUT2D eigenvalue weighted by Gasteiger charge is -2.16. The normalized spacial score (nSPS) is 12.0. The summed E-state index contributed by atoms with van der Waals surface area (Å²) in [6, 6.07) is 0. The number of hydrogen-bond donors (Lipinski definition) is 0. The van der Waals surface area contributed by atoms with Gasteiger partial charge in [0.1, 0.15) is 0 Å². The summed E-state index contributed by atoms with van der Waals surface area (Å²) in [7, 11) is -1.24. The van der Waals surface area contributed by atoms with Crippen molar-refractivity contribution >= 4 is 24.2 Å². The van der Waals surface area contributed by atoms with Crippen molar-refractivity contribution in [1.29, 1.82) is 0 Å². The van der Waals surface area contributed by atoms with Gasteiger partial charge in [0.2, 0.25) is 0 Å². The highest BCUT2D eigenvalue weighted by Gasteiger charge is 2.12. The molecule has 1 nitrogen and oxygen atoms in total. The quantitative estimate of drug-likeness (QED) is 0.341. The SMILES string of the molecule is C[Si](C)(C)OCCCCCCCCBr. The van der Waals surface area contributed by atoms with Gasteiger partial charge in [0.15, 0.2) is 8.32 Å². The van der Waals surface area contributed by atoms with E-state index in [-0.39, 0.29) is 0 Å². The first kappa shape index (κ1) is 14.7. The van der Waals surface area contributed by atoms with Crippen LogP contribution in [0.15, 0.2) is 0 Å². The Morgan fingerprint density at radius 1 is 0.857 bits per heavy atom. The summed E-state index contributed by atoms with van der Waals surface area (Å²) >= 11 is 3.45. The van der Waals surface area contributed by atoms with Crippen molar-refractivity contribution in [1.82, 2.24) is 0 Å². The van der Waals surface area contributed by atoms with Crippen LogP contribution < -0.4 is 0 Å². The zero-order valence-corrected chi connectivity index (χ0v) is 12.5. The Bertz CT molecular complexity index is 123. The molecule has 0 aliphatic heterocycles. The van der Waals surface area contributed by atoms with Gasteiger partial charge in [0.25, 0.3) is 0 Å². The highest BCUT2D eigenvalue weighted by molar-refractivity contribution is 9.09. The second-order valence-corrected chi connectivity index (χ2v) is 10.1. The summed E-state index contributed by atoms with van der Waals surface area (Å²) in [5.74, 6) is 0.